The Kier molecular flexibility index (Phi) is 16.3. The van der Waals surface area contributed by atoms with Crippen LogP contribution in [0.5, 0.6) is 0 Å². The van der Waals surface area contributed by atoms with Crippen LogP contribution in [0.25, 0.3) is 0 Å². The Balaban J connectivity index is 0. The smallest absolute Gasteiger partial charge is 0.00484 e. The lowest BCUT2D eigenvalue weighted by molar-refractivity contribution is 0.626. The van der Waals surface area contributed by atoms with Gasteiger partial charge in [-0.1, -0.05) is 41.0 Å². The molecule has 0 amide bonds. The van der Waals surface area contributed by atoms with Gasteiger partial charge in [0.2, 0.25) is 0 Å². The van der Waals surface area contributed by atoms with Crippen LogP contribution in [0, 0.1) is 5.92 Å². The van der Waals surface area contributed by atoms with E-state index in [4.69, 9.17) is 0 Å². The predicted octanol–water partition coefficient (Wildman–Crippen LogP) is 3.45. The summed E-state index contributed by atoms with van der Waals surface area (Å²) in [5.74, 6) is 0.884. The van der Waals surface area contributed by atoms with Gasteiger partial charge < -0.3 is 5.32 Å². The first-order valence-electron chi connectivity index (χ1n) is 5.48. The Labute approximate surface area is 78.9 Å². The Morgan fingerprint density at radius 2 is 1.42 bits per heavy atom. The first-order chi connectivity index (χ1) is 5.77. The van der Waals surface area contributed by atoms with E-state index in [0.29, 0.717) is 0 Å². The number of nitrogens with one attached hydrogen (secondary N) is 1. The molecule has 1 heteroatoms. The summed E-state index contributed by atoms with van der Waals surface area (Å²) in [5, 5.41) is 3.22. The van der Waals surface area contributed by atoms with Crippen LogP contribution in [0.3, 0.4) is 0 Å². The molecule has 12 heavy (non-hydrogen) atoms. The fourth-order valence-corrected chi connectivity index (χ4v) is 0.625. The molecule has 1 N–H and O–H groups in total. The van der Waals surface area contributed by atoms with Gasteiger partial charge in [-0.25, -0.2) is 0 Å². The molecule has 1 aliphatic rings. The molecule has 0 radical (unpaired) electrons. The molecule has 0 saturated carbocycles. The standard InChI is InChI=1S/C5H12.C4H9N.C2H6/c1-4-5(2)3;1-2-4-5-3-1;1-2/h5H,4H2,1-3H3;5H,1-4H2;1-2H3. The average molecular weight is 173 g/mol. The normalized spacial score (nSPS) is 14.5. The fourth-order valence-electron chi connectivity index (χ4n) is 0.625. The molecule has 1 saturated heterocycles. The largest absolute Gasteiger partial charge is 0.317 e. The van der Waals surface area contributed by atoms with Crippen molar-refractivity contribution in [3.05, 3.63) is 0 Å². The first kappa shape index (κ1) is 14.5. The second-order valence-corrected chi connectivity index (χ2v) is 3.26. The Morgan fingerprint density at radius 3 is 1.50 bits per heavy atom. The fraction of sp³-hybridized carbons (Fsp3) is 1.00. The maximum absolute atomic E-state index is 3.22. The third-order valence-corrected chi connectivity index (χ3v) is 1.77. The van der Waals surface area contributed by atoms with E-state index in [1.54, 1.807) is 0 Å². The summed E-state index contributed by atoms with van der Waals surface area (Å²) in [4.78, 5) is 0. The third kappa shape index (κ3) is 16.5. The van der Waals surface area contributed by atoms with Gasteiger partial charge in [-0.2, -0.15) is 0 Å². The highest BCUT2D eigenvalue weighted by Crippen LogP contribution is 1.93. The van der Waals surface area contributed by atoms with Crippen LogP contribution >= 0.6 is 0 Å². The average Bonchev–Trinajstić information content (AvgIpc) is 2.65. The molecule has 0 atom stereocenters. The van der Waals surface area contributed by atoms with Crippen molar-refractivity contribution in [2.45, 2.75) is 53.9 Å². The quantitative estimate of drug-likeness (QED) is 0.640. The van der Waals surface area contributed by atoms with E-state index in [0.717, 1.165) is 5.92 Å². The molecule has 0 aromatic heterocycles. The van der Waals surface area contributed by atoms with Crippen LogP contribution in [0.15, 0.2) is 0 Å². The van der Waals surface area contributed by atoms with Crippen LogP contribution in [0.2, 0.25) is 0 Å². The molecule has 1 heterocycles. The number of hydrogen-bond donors (Lipinski definition) is 1. The summed E-state index contributed by atoms with van der Waals surface area (Å²) in [6.07, 6.45) is 4.08. The summed E-state index contributed by atoms with van der Waals surface area (Å²) < 4.78 is 0. The van der Waals surface area contributed by atoms with E-state index in [2.05, 4.69) is 26.1 Å². The van der Waals surface area contributed by atoms with Gasteiger partial charge in [-0.15, -0.1) is 0 Å². The van der Waals surface area contributed by atoms with Crippen molar-refractivity contribution >= 4 is 0 Å². The van der Waals surface area contributed by atoms with Gasteiger partial charge >= 0.3 is 0 Å². The molecule has 0 spiro atoms. The lowest BCUT2D eigenvalue weighted by Gasteiger charge is -1.90. The Morgan fingerprint density at radius 1 is 1.08 bits per heavy atom. The maximum Gasteiger partial charge on any atom is -0.00484 e. The van der Waals surface area contributed by atoms with Crippen LogP contribution in [0.1, 0.15) is 53.9 Å². The summed E-state index contributed by atoms with van der Waals surface area (Å²) in [6, 6.07) is 0. The second kappa shape index (κ2) is 13.5. The summed E-state index contributed by atoms with van der Waals surface area (Å²) in [7, 11) is 0. The lowest BCUT2D eigenvalue weighted by atomic mass is 10.2. The zero-order valence-corrected chi connectivity index (χ0v) is 9.61. The van der Waals surface area contributed by atoms with Crippen molar-refractivity contribution in [2.24, 2.45) is 5.92 Å². The number of rotatable bonds is 1. The molecule has 0 aliphatic carbocycles. The minimum Gasteiger partial charge on any atom is -0.317 e. The molecular weight excluding hydrogens is 146 g/mol. The lowest BCUT2D eigenvalue weighted by Crippen LogP contribution is -2.03. The van der Waals surface area contributed by atoms with Gasteiger partial charge in [-0.3, -0.25) is 0 Å². The van der Waals surface area contributed by atoms with Gasteiger partial charge in [0.05, 0.1) is 0 Å². The molecule has 0 aromatic rings. The Hall–Kier alpha value is -0.0400. The molecule has 1 rings (SSSR count). The molecule has 1 fully saturated rings. The van der Waals surface area contributed by atoms with Crippen LogP contribution in [0.4, 0.5) is 0 Å². The first-order valence-corrected chi connectivity index (χ1v) is 5.48. The highest BCUT2D eigenvalue weighted by atomic mass is 14.9. The van der Waals surface area contributed by atoms with E-state index in [1.807, 2.05) is 13.8 Å². The zero-order valence-electron chi connectivity index (χ0n) is 9.61. The van der Waals surface area contributed by atoms with Gasteiger partial charge in [0.1, 0.15) is 0 Å². The van der Waals surface area contributed by atoms with E-state index < -0.39 is 0 Å². The zero-order chi connectivity index (χ0) is 9.82. The minimum absolute atomic E-state index is 0.884. The van der Waals surface area contributed by atoms with Crippen molar-refractivity contribution in [2.75, 3.05) is 13.1 Å². The van der Waals surface area contributed by atoms with Gasteiger partial charge in [0.15, 0.2) is 0 Å². The minimum atomic E-state index is 0.884. The summed E-state index contributed by atoms with van der Waals surface area (Å²) in [5.41, 5.74) is 0. The van der Waals surface area contributed by atoms with Crippen LogP contribution in [-0.2, 0) is 0 Å². The van der Waals surface area contributed by atoms with Gasteiger partial charge in [0.25, 0.3) is 0 Å². The SMILES string of the molecule is C1CCNC1.CC.CCC(C)C. The highest BCUT2D eigenvalue weighted by molar-refractivity contribution is 4.55. The Bertz CT molecular complexity index is 48.4. The topological polar surface area (TPSA) is 12.0 Å². The van der Waals surface area contributed by atoms with E-state index in [9.17, 15) is 0 Å². The van der Waals surface area contributed by atoms with Crippen molar-refractivity contribution in [3.8, 4) is 0 Å². The molecule has 1 aliphatic heterocycles. The van der Waals surface area contributed by atoms with Crippen molar-refractivity contribution < 1.29 is 0 Å². The molecule has 76 valence electrons. The van der Waals surface area contributed by atoms with Crippen molar-refractivity contribution in [1.82, 2.24) is 5.32 Å². The highest BCUT2D eigenvalue weighted by Gasteiger charge is 1.93. The van der Waals surface area contributed by atoms with Gasteiger partial charge in [-0.05, 0) is 31.8 Å². The molecule has 0 aromatic carbocycles. The summed E-state index contributed by atoms with van der Waals surface area (Å²) >= 11 is 0. The van der Waals surface area contributed by atoms with E-state index in [-0.39, 0.29) is 0 Å². The van der Waals surface area contributed by atoms with Crippen LogP contribution in [-0.4, -0.2) is 13.1 Å². The summed E-state index contributed by atoms with van der Waals surface area (Å²) in [6.45, 7) is 13.1. The molecule has 1 nitrogen and oxygen atoms in total. The molecule has 0 unspecified atom stereocenters. The second-order valence-electron chi connectivity index (χ2n) is 3.26. The molecular formula is C11H27N. The van der Waals surface area contributed by atoms with Crippen molar-refractivity contribution in [1.29, 1.82) is 0 Å². The van der Waals surface area contributed by atoms with Gasteiger partial charge in [0, 0.05) is 0 Å². The third-order valence-electron chi connectivity index (χ3n) is 1.77. The number of hydrogen-bond acceptors (Lipinski definition) is 1. The van der Waals surface area contributed by atoms with E-state index >= 15 is 0 Å². The monoisotopic (exact) mass is 173 g/mol. The van der Waals surface area contributed by atoms with Crippen molar-refractivity contribution in [3.63, 3.8) is 0 Å². The van der Waals surface area contributed by atoms with Crippen LogP contribution < -0.4 is 5.32 Å². The van der Waals surface area contributed by atoms with E-state index in [1.165, 1.54) is 32.4 Å². The molecule has 0 bridgehead atoms. The predicted molar refractivity (Wildman–Crippen MR) is 58.6 cm³/mol. The maximum atomic E-state index is 3.22.